The van der Waals surface area contributed by atoms with E-state index in [0.29, 0.717) is 37.6 Å². The number of rotatable bonds is 11. The third-order valence-corrected chi connectivity index (χ3v) is 7.86. The van der Waals surface area contributed by atoms with Crippen molar-refractivity contribution in [3.8, 4) is 17.1 Å². The second kappa shape index (κ2) is 13.2. The average Bonchev–Trinajstić information content (AvgIpc) is 3.37. The zero-order valence-corrected chi connectivity index (χ0v) is 23.8. The molecule has 2 aromatic heterocycles. The van der Waals surface area contributed by atoms with Crippen molar-refractivity contribution in [2.24, 2.45) is 5.73 Å². The molecule has 0 saturated carbocycles. The zero-order chi connectivity index (χ0) is 28.8. The lowest BCUT2D eigenvalue weighted by molar-refractivity contribution is -0.132. The highest BCUT2D eigenvalue weighted by molar-refractivity contribution is 5.82. The molecular formula is C32H38FN5O3. The van der Waals surface area contributed by atoms with Crippen LogP contribution in [0.2, 0.25) is 0 Å². The molecule has 2 atom stereocenters. The summed E-state index contributed by atoms with van der Waals surface area (Å²) < 4.78 is 27.2. The average molecular weight is 560 g/mol. The van der Waals surface area contributed by atoms with E-state index < -0.39 is 0 Å². The number of methoxy groups -OCH3 is 2. The topological polar surface area (TPSA) is 95.5 Å². The van der Waals surface area contributed by atoms with Crippen molar-refractivity contribution >= 4 is 16.8 Å². The van der Waals surface area contributed by atoms with Gasteiger partial charge in [-0.15, -0.1) is 0 Å². The molecule has 2 N–H and O–H groups in total. The number of carbonyl (C=O) groups is 1. The van der Waals surface area contributed by atoms with E-state index in [9.17, 15) is 9.18 Å². The van der Waals surface area contributed by atoms with E-state index in [0.717, 1.165) is 53.6 Å². The Morgan fingerprint density at radius 3 is 2.63 bits per heavy atom. The maximum Gasteiger partial charge on any atom is 0.316 e. The highest BCUT2D eigenvalue weighted by atomic mass is 19.1. The second-order valence-electron chi connectivity index (χ2n) is 10.7. The lowest BCUT2D eigenvalue weighted by Crippen LogP contribution is -2.42. The van der Waals surface area contributed by atoms with Gasteiger partial charge in [-0.1, -0.05) is 36.4 Å². The molecule has 0 spiro atoms. The molecule has 1 aliphatic rings. The van der Waals surface area contributed by atoms with Gasteiger partial charge in [0.2, 0.25) is 5.91 Å². The van der Waals surface area contributed by atoms with Crippen LogP contribution in [0, 0.1) is 5.82 Å². The van der Waals surface area contributed by atoms with Crippen LogP contribution < -0.4 is 10.5 Å². The van der Waals surface area contributed by atoms with E-state index in [1.54, 1.807) is 25.6 Å². The van der Waals surface area contributed by atoms with Crippen LogP contribution in [0.3, 0.4) is 0 Å². The number of halogens is 1. The SMILES string of the molecule is COCCCn1c(C2CCCN(C(=O)CC(N)Cc3ccc(-c4cnc(OC)nc4)cc3)C2)cc2cccc(F)c21. The third-order valence-electron chi connectivity index (χ3n) is 7.86. The number of piperidine rings is 1. The largest absolute Gasteiger partial charge is 0.467 e. The van der Waals surface area contributed by atoms with Crippen molar-refractivity contribution in [3.63, 3.8) is 0 Å². The molecular weight excluding hydrogens is 521 g/mol. The standard InChI is InChI=1S/C32H38FN5O3/c1-40-15-5-14-38-29(17-24-6-3-8-28(33)31(24)38)25-7-4-13-37(21-25)30(39)18-27(34)16-22-9-11-23(12-10-22)26-19-35-32(41-2)36-20-26/h3,6,8-12,17,19-20,25,27H,4-5,7,13-16,18,21,34H2,1-2H3. The van der Waals surface area contributed by atoms with Gasteiger partial charge in [-0.3, -0.25) is 4.79 Å². The summed E-state index contributed by atoms with van der Waals surface area (Å²) in [6, 6.07) is 15.4. The summed E-state index contributed by atoms with van der Waals surface area (Å²) in [4.78, 5) is 23.6. The summed E-state index contributed by atoms with van der Waals surface area (Å²) in [5.74, 6) is 0.00132. The fraction of sp³-hybridized carbons (Fsp3) is 0.406. The number of hydrogen-bond donors (Lipinski definition) is 1. The first-order valence-electron chi connectivity index (χ1n) is 14.2. The highest BCUT2D eigenvalue weighted by Crippen LogP contribution is 2.33. The van der Waals surface area contributed by atoms with Crippen LogP contribution in [0.5, 0.6) is 6.01 Å². The summed E-state index contributed by atoms with van der Waals surface area (Å²) >= 11 is 0. The molecule has 5 rings (SSSR count). The second-order valence-corrected chi connectivity index (χ2v) is 10.7. The fourth-order valence-corrected chi connectivity index (χ4v) is 5.82. The number of hydrogen-bond acceptors (Lipinski definition) is 6. The van der Waals surface area contributed by atoms with Gasteiger partial charge in [-0.05, 0) is 48.9 Å². The number of nitrogens with two attached hydrogens (primary N) is 1. The molecule has 2 aromatic carbocycles. The molecule has 8 nitrogen and oxygen atoms in total. The van der Waals surface area contributed by atoms with Crippen LogP contribution in [-0.2, 0) is 22.5 Å². The molecule has 41 heavy (non-hydrogen) atoms. The summed E-state index contributed by atoms with van der Waals surface area (Å²) in [6.07, 6.45) is 7.01. The van der Waals surface area contributed by atoms with Crippen LogP contribution in [0.15, 0.2) is 60.9 Å². The van der Waals surface area contributed by atoms with Crippen LogP contribution in [0.25, 0.3) is 22.0 Å². The summed E-state index contributed by atoms with van der Waals surface area (Å²) in [7, 11) is 3.22. The third kappa shape index (κ3) is 6.74. The number of fused-ring (bicyclic) bond motifs is 1. The van der Waals surface area contributed by atoms with Crippen molar-refractivity contribution < 1.29 is 18.7 Å². The Hall–Kier alpha value is -3.82. The lowest BCUT2D eigenvalue weighted by Gasteiger charge is -2.34. The summed E-state index contributed by atoms with van der Waals surface area (Å²) in [6.45, 7) is 2.62. The molecule has 2 unspecified atom stereocenters. The molecule has 1 amide bonds. The van der Waals surface area contributed by atoms with Crippen molar-refractivity contribution in [3.05, 3.63) is 78.0 Å². The first-order valence-corrected chi connectivity index (χ1v) is 14.2. The molecule has 1 aliphatic heterocycles. The van der Waals surface area contributed by atoms with Gasteiger partial charge < -0.3 is 24.7 Å². The predicted molar refractivity (Wildman–Crippen MR) is 157 cm³/mol. The normalized spacial score (nSPS) is 16.2. The van der Waals surface area contributed by atoms with Crippen molar-refractivity contribution in [2.45, 2.75) is 50.6 Å². The van der Waals surface area contributed by atoms with E-state index in [4.69, 9.17) is 15.2 Å². The minimum atomic E-state index is -0.285. The maximum absolute atomic E-state index is 14.9. The number of carbonyl (C=O) groups excluding carboxylic acids is 1. The number of aromatic nitrogens is 3. The van der Waals surface area contributed by atoms with Crippen LogP contribution >= 0.6 is 0 Å². The van der Waals surface area contributed by atoms with Gasteiger partial charge in [-0.25, -0.2) is 14.4 Å². The minimum absolute atomic E-state index is 0.0717. The van der Waals surface area contributed by atoms with Gasteiger partial charge in [0.05, 0.1) is 12.6 Å². The van der Waals surface area contributed by atoms with Crippen LogP contribution in [0.4, 0.5) is 4.39 Å². The zero-order valence-electron chi connectivity index (χ0n) is 23.8. The molecule has 216 valence electrons. The molecule has 1 fully saturated rings. The number of likely N-dealkylation sites (tertiary alicyclic amines) is 1. The number of nitrogens with zero attached hydrogens (tertiary/aromatic N) is 4. The van der Waals surface area contributed by atoms with Gasteiger partial charge >= 0.3 is 6.01 Å². The van der Waals surface area contributed by atoms with Gasteiger partial charge in [-0.2, -0.15) is 0 Å². The minimum Gasteiger partial charge on any atom is -0.467 e. The van der Waals surface area contributed by atoms with Crippen molar-refractivity contribution in [1.82, 2.24) is 19.4 Å². The molecule has 3 heterocycles. The Morgan fingerprint density at radius 1 is 1.12 bits per heavy atom. The van der Waals surface area contributed by atoms with Gasteiger partial charge in [0.1, 0.15) is 5.82 Å². The first kappa shape index (κ1) is 28.7. The number of ether oxygens (including phenoxy) is 2. The predicted octanol–water partition coefficient (Wildman–Crippen LogP) is 4.95. The first-order chi connectivity index (χ1) is 20.0. The monoisotopic (exact) mass is 559 g/mol. The molecule has 0 aliphatic carbocycles. The van der Waals surface area contributed by atoms with Crippen LogP contribution in [-0.4, -0.2) is 65.3 Å². The van der Waals surface area contributed by atoms with Crippen LogP contribution in [0.1, 0.15) is 42.9 Å². The number of aryl methyl sites for hydroxylation is 1. The Balaban J connectivity index is 1.22. The highest BCUT2D eigenvalue weighted by Gasteiger charge is 2.28. The Labute approximate surface area is 240 Å². The van der Waals surface area contributed by atoms with E-state index in [-0.39, 0.29) is 30.1 Å². The van der Waals surface area contributed by atoms with Gasteiger partial charge in [0.25, 0.3) is 0 Å². The number of benzene rings is 2. The van der Waals surface area contributed by atoms with Crippen molar-refractivity contribution in [2.75, 3.05) is 33.9 Å². The van der Waals surface area contributed by atoms with Gasteiger partial charge in [0.15, 0.2) is 0 Å². The van der Waals surface area contributed by atoms with E-state index >= 15 is 0 Å². The number of para-hydroxylation sites is 1. The number of amides is 1. The Kier molecular flexibility index (Phi) is 9.26. The molecule has 9 heteroatoms. The van der Waals surface area contributed by atoms with Crippen molar-refractivity contribution in [1.29, 1.82) is 0 Å². The molecule has 0 radical (unpaired) electrons. The fourth-order valence-electron chi connectivity index (χ4n) is 5.82. The maximum atomic E-state index is 14.9. The molecule has 1 saturated heterocycles. The summed E-state index contributed by atoms with van der Waals surface area (Å²) in [5.41, 5.74) is 11.2. The summed E-state index contributed by atoms with van der Waals surface area (Å²) in [5, 5.41) is 0.897. The van der Waals surface area contributed by atoms with E-state index in [2.05, 4.69) is 20.6 Å². The lowest BCUT2D eigenvalue weighted by atomic mass is 9.93. The van der Waals surface area contributed by atoms with E-state index in [1.165, 1.54) is 13.2 Å². The van der Waals surface area contributed by atoms with E-state index in [1.807, 2.05) is 35.2 Å². The molecule has 4 aromatic rings. The smallest absolute Gasteiger partial charge is 0.316 e. The van der Waals surface area contributed by atoms with Gasteiger partial charge in [0, 0.05) is 80.8 Å². The molecule has 0 bridgehead atoms. The quantitative estimate of drug-likeness (QED) is 0.261. The Morgan fingerprint density at radius 2 is 1.90 bits per heavy atom. The Bertz CT molecular complexity index is 1450.